The van der Waals surface area contributed by atoms with Gasteiger partial charge in [0.2, 0.25) is 0 Å². The number of hydrogen-bond acceptors (Lipinski definition) is 3. The van der Waals surface area contributed by atoms with Gasteiger partial charge in [0.25, 0.3) is 0 Å². The number of urea groups is 1. The summed E-state index contributed by atoms with van der Waals surface area (Å²) in [4.78, 5) is 24.7. The van der Waals surface area contributed by atoms with E-state index in [1.807, 2.05) is 0 Å². The summed E-state index contributed by atoms with van der Waals surface area (Å²) in [7, 11) is 0. The van der Waals surface area contributed by atoms with Gasteiger partial charge in [0, 0.05) is 13.2 Å². The Morgan fingerprint density at radius 3 is 2.68 bits per heavy atom. The molecule has 2 aliphatic heterocycles. The minimum absolute atomic E-state index is 0.0510. The van der Waals surface area contributed by atoms with Crippen LogP contribution in [0.5, 0.6) is 0 Å². The van der Waals surface area contributed by atoms with Crippen LogP contribution in [0.25, 0.3) is 0 Å². The minimum atomic E-state index is -0.908. The summed E-state index contributed by atoms with van der Waals surface area (Å²) >= 11 is 0. The topological polar surface area (TPSA) is 78.9 Å². The summed E-state index contributed by atoms with van der Waals surface area (Å²) in [6, 6.07) is -0.859. The van der Waals surface area contributed by atoms with E-state index in [0.717, 1.165) is 12.8 Å². The maximum atomic E-state index is 12.2. The molecule has 0 aromatic rings. The first-order valence-corrected chi connectivity index (χ1v) is 7.08. The average Bonchev–Trinajstić information content (AvgIpc) is 2.92. The fourth-order valence-electron chi connectivity index (χ4n) is 3.16. The number of hydrogen-bond donors (Lipinski definition) is 2. The van der Waals surface area contributed by atoms with Crippen LogP contribution >= 0.6 is 0 Å². The van der Waals surface area contributed by atoms with Crippen molar-refractivity contribution in [3.05, 3.63) is 0 Å². The molecule has 0 aromatic heterocycles. The lowest BCUT2D eigenvalue weighted by atomic mass is 10.1. The SMILES string of the molecule is O=C(O)C1CCCN1C(=O)NC1CCOC1C1CC1. The molecule has 3 atom stereocenters. The highest BCUT2D eigenvalue weighted by molar-refractivity contribution is 5.83. The molecule has 0 radical (unpaired) electrons. The van der Waals surface area contributed by atoms with Crippen LogP contribution in [-0.4, -0.2) is 53.3 Å². The molecule has 0 bridgehead atoms. The molecule has 3 aliphatic rings. The van der Waals surface area contributed by atoms with E-state index in [2.05, 4.69) is 5.32 Å². The molecule has 3 fully saturated rings. The monoisotopic (exact) mass is 268 g/mol. The van der Waals surface area contributed by atoms with Gasteiger partial charge < -0.3 is 20.1 Å². The van der Waals surface area contributed by atoms with Gasteiger partial charge in [-0.2, -0.15) is 0 Å². The smallest absolute Gasteiger partial charge is 0.326 e. The van der Waals surface area contributed by atoms with Gasteiger partial charge in [-0.05, 0) is 38.0 Å². The van der Waals surface area contributed by atoms with Crippen molar-refractivity contribution in [3.8, 4) is 0 Å². The molecule has 1 aliphatic carbocycles. The van der Waals surface area contributed by atoms with Crippen LogP contribution in [0.1, 0.15) is 32.1 Å². The van der Waals surface area contributed by atoms with E-state index >= 15 is 0 Å². The lowest BCUT2D eigenvalue weighted by Gasteiger charge is -2.26. The number of rotatable bonds is 3. The average molecular weight is 268 g/mol. The molecule has 106 valence electrons. The Hall–Kier alpha value is -1.30. The molecular weight excluding hydrogens is 248 g/mol. The predicted molar refractivity (Wildman–Crippen MR) is 66.8 cm³/mol. The third-order valence-corrected chi connectivity index (χ3v) is 4.33. The second-order valence-corrected chi connectivity index (χ2v) is 5.71. The van der Waals surface area contributed by atoms with E-state index in [-0.39, 0.29) is 18.2 Å². The molecule has 0 aromatic carbocycles. The van der Waals surface area contributed by atoms with Gasteiger partial charge in [-0.15, -0.1) is 0 Å². The number of aliphatic carboxylic acids is 1. The summed E-state index contributed by atoms with van der Waals surface area (Å²) in [5.41, 5.74) is 0. The van der Waals surface area contributed by atoms with Crippen molar-refractivity contribution in [3.63, 3.8) is 0 Å². The van der Waals surface area contributed by atoms with Gasteiger partial charge in [0.15, 0.2) is 0 Å². The predicted octanol–water partition coefficient (Wildman–Crippen LogP) is 0.812. The number of amides is 2. The number of ether oxygens (including phenoxy) is 1. The van der Waals surface area contributed by atoms with Gasteiger partial charge in [0.1, 0.15) is 6.04 Å². The van der Waals surface area contributed by atoms with Crippen molar-refractivity contribution < 1.29 is 19.4 Å². The van der Waals surface area contributed by atoms with E-state index < -0.39 is 12.0 Å². The quantitative estimate of drug-likeness (QED) is 0.794. The Morgan fingerprint density at radius 2 is 2.00 bits per heavy atom. The molecule has 19 heavy (non-hydrogen) atoms. The number of nitrogens with one attached hydrogen (secondary N) is 1. The van der Waals surface area contributed by atoms with Gasteiger partial charge in [0.05, 0.1) is 12.1 Å². The van der Waals surface area contributed by atoms with Crippen molar-refractivity contribution in [2.75, 3.05) is 13.2 Å². The van der Waals surface area contributed by atoms with Crippen molar-refractivity contribution in [1.82, 2.24) is 10.2 Å². The number of carboxylic acid groups (broad SMARTS) is 1. The fraction of sp³-hybridized carbons (Fsp3) is 0.846. The van der Waals surface area contributed by atoms with E-state index in [4.69, 9.17) is 9.84 Å². The van der Waals surface area contributed by atoms with E-state index in [0.29, 0.717) is 25.5 Å². The molecule has 2 amide bonds. The Bertz CT molecular complexity index is 383. The summed E-state index contributed by atoms with van der Waals surface area (Å²) in [6.45, 7) is 1.22. The normalized spacial score (nSPS) is 34.5. The van der Waals surface area contributed by atoms with Crippen LogP contribution in [0.15, 0.2) is 0 Å². The molecule has 2 saturated heterocycles. The molecule has 0 spiro atoms. The largest absolute Gasteiger partial charge is 0.480 e. The van der Waals surface area contributed by atoms with E-state index in [1.165, 1.54) is 17.7 Å². The third kappa shape index (κ3) is 2.54. The van der Waals surface area contributed by atoms with Crippen LogP contribution in [0, 0.1) is 5.92 Å². The summed E-state index contributed by atoms with van der Waals surface area (Å²) < 4.78 is 5.68. The Kier molecular flexibility index (Phi) is 3.35. The van der Waals surface area contributed by atoms with Crippen LogP contribution in [0.3, 0.4) is 0 Å². The van der Waals surface area contributed by atoms with Crippen molar-refractivity contribution in [1.29, 1.82) is 0 Å². The first kappa shape index (κ1) is 12.7. The van der Waals surface area contributed by atoms with Crippen LogP contribution < -0.4 is 5.32 Å². The molecule has 1 saturated carbocycles. The number of likely N-dealkylation sites (tertiary alicyclic amines) is 1. The zero-order valence-electron chi connectivity index (χ0n) is 10.9. The number of carbonyl (C=O) groups is 2. The zero-order valence-corrected chi connectivity index (χ0v) is 10.9. The summed E-state index contributed by atoms with van der Waals surface area (Å²) in [6.07, 6.45) is 4.64. The molecule has 6 heteroatoms. The number of carboxylic acids is 1. The van der Waals surface area contributed by atoms with Crippen molar-refractivity contribution >= 4 is 12.0 Å². The first-order chi connectivity index (χ1) is 9.16. The highest BCUT2D eigenvalue weighted by Crippen LogP contribution is 2.38. The van der Waals surface area contributed by atoms with Gasteiger partial charge in [-0.25, -0.2) is 9.59 Å². The molecule has 2 N–H and O–H groups in total. The first-order valence-electron chi connectivity index (χ1n) is 7.08. The maximum Gasteiger partial charge on any atom is 0.326 e. The second kappa shape index (κ2) is 5.00. The zero-order chi connectivity index (χ0) is 13.4. The van der Waals surface area contributed by atoms with E-state index in [1.54, 1.807) is 0 Å². The summed E-state index contributed by atoms with van der Waals surface area (Å²) in [5.74, 6) is -0.323. The van der Waals surface area contributed by atoms with Crippen molar-refractivity contribution in [2.45, 2.75) is 50.3 Å². The fourth-order valence-corrected chi connectivity index (χ4v) is 3.16. The van der Waals surface area contributed by atoms with Crippen molar-refractivity contribution in [2.24, 2.45) is 5.92 Å². The molecule has 3 rings (SSSR count). The van der Waals surface area contributed by atoms with Gasteiger partial charge in [-0.1, -0.05) is 0 Å². The van der Waals surface area contributed by atoms with Crippen LogP contribution in [-0.2, 0) is 9.53 Å². The van der Waals surface area contributed by atoms with Crippen LogP contribution in [0.2, 0.25) is 0 Å². The maximum absolute atomic E-state index is 12.2. The van der Waals surface area contributed by atoms with E-state index in [9.17, 15) is 9.59 Å². The van der Waals surface area contributed by atoms with Gasteiger partial charge >= 0.3 is 12.0 Å². The molecular formula is C13H20N2O4. The highest BCUT2D eigenvalue weighted by Gasteiger charge is 2.42. The molecule has 2 heterocycles. The third-order valence-electron chi connectivity index (χ3n) is 4.33. The number of carbonyl (C=O) groups excluding carboxylic acids is 1. The highest BCUT2D eigenvalue weighted by atomic mass is 16.5. The lowest BCUT2D eigenvalue weighted by Crippen LogP contribution is -2.51. The second-order valence-electron chi connectivity index (χ2n) is 5.71. The minimum Gasteiger partial charge on any atom is -0.480 e. The summed E-state index contributed by atoms with van der Waals surface area (Å²) in [5, 5.41) is 12.1. The molecule has 6 nitrogen and oxygen atoms in total. The Morgan fingerprint density at radius 1 is 1.21 bits per heavy atom. The van der Waals surface area contributed by atoms with Gasteiger partial charge in [-0.3, -0.25) is 0 Å². The lowest BCUT2D eigenvalue weighted by molar-refractivity contribution is -0.141. The number of nitrogens with zero attached hydrogens (tertiary/aromatic N) is 1. The molecule has 3 unspecified atom stereocenters. The van der Waals surface area contributed by atoms with Crippen LogP contribution in [0.4, 0.5) is 4.79 Å². The Labute approximate surface area is 112 Å². The standard InChI is InChI=1S/C13H20N2O4/c16-12(17)10-2-1-6-15(10)13(18)14-9-5-7-19-11(9)8-3-4-8/h8-11H,1-7H2,(H,14,18)(H,16,17). The Balaban J connectivity index is 1.59.